The molecule has 1 heterocycles. The second kappa shape index (κ2) is 4.42. The predicted octanol–water partition coefficient (Wildman–Crippen LogP) is 4.01. The van der Waals surface area contributed by atoms with Gasteiger partial charge in [-0.25, -0.2) is 4.98 Å². The predicted molar refractivity (Wildman–Crippen MR) is 83.8 cm³/mol. The molecule has 2 aromatic carbocycles. The fourth-order valence-corrected chi connectivity index (χ4v) is 2.83. The molecule has 2 aliphatic rings. The van der Waals surface area contributed by atoms with E-state index in [0.717, 1.165) is 16.6 Å². The largest absolute Gasteiger partial charge is 0.452 e. The van der Waals surface area contributed by atoms with Gasteiger partial charge in [0.15, 0.2) is 16.8 Å². The lowest BCUT2D eigenvalue weighted by atomic mass is 9.98. The summed E-state index contributed by atoms with van der Waals surface area (Å²) in [5.74, 6) is 0.611. The normalized spacial score (nSPS) is 11.5. The van der Waals surface area contributed by atoms with Crippen molar-refractivity contribution in [3.63, 3.8) is 0 Å². The van der Waals surface area contributed by atoms with Crippen molar-refractivity contribution in [1.29, 1.82) is 0 Å². The van der Waals surface area contributed by atoms with Gasteiger partial charge in [0.1, 0.15) is 11.2 Å². The van der Waals surface area contributed by atoms with E-state index >= 15 is 0 Å². The average Bonchev–Trinajstić information content (AvgIpc) is 2.54. The zero-order valence-corrected chi connectivity index (χ0v) is 11.6. The van der Waals surface area contributed by atoms with Crippen LogP contribution in [-0.4, -0.2) is 4.98 Å². The SMILES string of the molecule is CCc1c2oc3ccccc3nc-2c2ccccc2c1=O. The average molecular weight is 275 g/mol. The highest BCUT2D eigenvalue weighted by Crippen LogP contribution is 2.32. The van der Waals surface area contributed by atoms with Crippen LogP contribution in [0.15, 0.2) is 57.7 Å². The monoisotopic (exact) mass is 275 g/mol. The van der Waals surface area contributed by atoms with Crippen LogP contribution in [-0.2, 0) is 6.42 Å². The molecule has 1 aliphatic carbocycles. The maximum Gasteiger partial charge on any atom is 0.193 e. The second-order valence-corrected chi connectivity index (χ2v) is 5.07. The molecule has 3 nitrogen and oxygen atoms in total. The molecular formula is C18H13NO2. The van der Waals surface area contributed by atoms with Crippen molar-refractivity contribution < 1.29 is 4.42 Å². The molecule has 4 rings (SSSR count). The third-order valence-electron chi connectivity index (χ3n) is 3.85. The summed E-state index contributed by atoms with van der Waals surface area (Å²) < 4.78 is 5.99. The third kappa shape index (κ3) is 1.67. The zero-order valence-electron chi connectivity index (χ0n) is 11.6. The lowest BCUT2D eigenvalue weighted by Gasteiger charge is -2.12. The van der Waals surface area contributed by atoms with Crippen molar-refractivity contribution in [2.45, 2.75) is 13.3 Å². The Morgan fingerprint density at radius 2 is 1.71 bits per heavy atom. The molecule has 0 amide bonds. The van der Waals surface area contributed by atoms with Gasteiger partial charge in [-0.3, -0.25) is 4.79 Å². The minimum Gasteiger partial charge on any atom is -0.452 e. The Hall–Kier alpha value is -2.68. The molecule has 0 saturated heterocycles. The number of aromatic nitrogens is 1. The van der Waals surface area contributed by atoms with E-state index in [1.807, 2.05) is 55.5 Å². The van der Waals surface area contributed by atoms with Crippen LogP contribution < -0.4 is 5.43 Å². The first kappa shape index (κ1) is 12.1. The lowest BCUT2D eigenvalue weighted by Crippen LogP contribution is -2.12. The molecule has 0 saturated carbocycles. The number of hydrogen-bond acceptors (Lipinski definition) is 3. The van der Waals surface area contributed by atoms with E-state index in [1.165, 1.54) is 0 Å². The van der Waals surface area contributed by atoms with E-state index in [2.05, 4.69) is 0 Å². The van der Waals surface area contributed by atoms with Crippen LogP contribution in [0.4, 0.5) is 0 Å². The Morgan fingerprint density at radius 1 is 1.00 bits per heavy atom. The molecule has 0 unspecified atom stereocenters. The van der Waals surface area contributed by atoms with Crippen molar-refractivity contribution in [2.75, 3.05) is 0 Å². The highest BCUT2D eigenvalue weighted by atomic mass is 16.3. The van der Waals surface area contributed by atoms with Gasteiger partial charge in [-0.2, -0.15) is 0 Å². The van der Waals surface area contributed by atoms with Crippen molar-refractivity contribution >= 4 is 21.9 Å². The molecule has 21 heavy (non-hydrogen) atoms. The molecule has 0 bridgehead atoms. The van der Waals surface area contributed by atoms with Crippen LogP contribution >= 0.6 is 0 Å². The van der Waals surface area contributed by atoms with E-state index in [0.29, 0.717) is 28.7 Å². The molecule has 1 aliphatic heterocycles. The van der Waals surface area contributed by atoms with Gasteiger partial charge in [-0.05, 0) is 18.6 Å². The van der Waals surface area contributed by atoms with Gasteiger partial charge in [0.2, 0.25) is 0 Å². The van der Waals surface area contributed by atoms with Crippen molar-refractivity contribution in [3.8, 4) is 11.5 Å². The number of fused-ring (bicyclic) bond motifs is 4. The Labute approximate surface area is 121 Å². The van der Waals surface area contributed by atoms with E-state index in [1.54, 1.807) is 0 Å². The molecule has 2 aromatic rings. The van der Waals surface area contributed by atoms with Gasteiger partial charge < -0.3 is 4.42 Å². The molecule has 0 fully saturated rings. The second-order valence-electron chi connectivity index (χ2n) is 5.07. The Bertz CT molecular complexity index is 1000. The summed E-state index contributed by atoms with van der Waals surface area (Å²) in [6.07, 6.45) is 0.629. The highest BCUT2D eigenvalue weighted by molar-refractivity contribution is 5.97. The minimum absolute atomic E-state index is 0.0430. The van der Waals surface area contributed by atoms with Crippen LogP contribution in [0.2, 0.25) is 0 Å². The number of hydrogen-bond donors (Lipinski definition) is 0. The van der Waals surface area contributed by atoms with Crippen LogP contribution in [0.25, 0.3) is 33.3 Å². The first-order valence-electron chi connectivity index (χ1n) is 7.02. The molecule has 102 valence electrons. The van der Waals surface area contributed by atoms with Gasteiger partial charge in [0, 0.05) is 16.3 Å². The first-order chi connectivity index (χ1) is 10.3. The number of para-hydroxylation sites is 2. The van der Waals surface area contributed by atoms with Crippen LogP contribution in [0.5, 0.6) is 0 Å². The molecule has 0 aromatic heterocycles. The summed E-state index contributed by atoms with van der Waals surface area (Å²) in [6, 6.07) is 15.2. The summed E-state index contributed by atoms with van der Waals surface area (Å²) in [6.45, 7) is 1.97. The Morgan fingerprint density at radius 3 is 2.52 bits per heavy atom. The van der Waals surface area contributed by atoms with Gasteiger partial charge in [0.25, 0.3) is 0 Å². The first-order valence-corrected chi connectivity index (χ1v) is 7.02. The fourth-order valence-electron chi connectivity index (χ4n) is 2.83. The number of nitrogens with zero attached hydrogens (tertiary/aromatic N) is 1. The van der Waals surface area contributed by atoms with E-state index in [4.69, 9.17) is 9.40 Å². The van der Waals surface area contributed by atoms with Crippen molar-refractivity contribution in [3.05, 3.63) is 64.3 Å². The summed E-state index contributed by atoms with van der Waals surface area (Å²) in [5, 5.41) is 1.56. The smallest absolute Gasteiger partial charge is 0.193 e. The van der Waals surface area contributed by atoms with Crippen molar-refractivity contribution in [2.24, 2.45) is 0 Å². The van der Waals surface area contributed by atoms with Crippen molar-refractivity contribution in [1.82, 2.24) is 4.98 Å². The maximum absolute atomic E-state index is 12.6. The van der Waals surface area contributed by atoms with Crippen LogP contribution in [0.3, 0.4) is 0 Å². The van der Waals surface area contributed by atoms with Gasteiger partial charge in [-0.15, -0.1) is 0 Å². The van der Waals surface area contributed by atoms with E-state index in [9.17, 15) is 4.79 Å². The summed E-state index contributed by atoms with van der Waals surface area (Å²) in [7, 11) is 0. The van der Waals surface area contributed by atoms with Gasteiger partial charge in [-0.1, -0.05) is 43.3 Å². The quantitative estimate of drug-likeness (QED) is 0.389. The van der Waals surface area contributed by atoms with Crippen LogP contribution in [0, 0.1) is 0 Å². The van der Waals surface area contributed by atoms with Gasteiger partial charge in [0.05, 0.1) is 0 Å². The molecule has 3 heteroatoms. The van der Waals surface area contributed by atoms with E-state index < -0.39 is 0 Å². The third-order valence-corrected chi connectivity index (χ3v) is 3.85. The number of benzene rings is 3. The standard InChI is InChI=1S/C18H13NO2/c1-2-11-17(20)13-8-4-3-7-12(13)16-18(11)21-15-10-6-5-9-14(15)19-16/h3-10H,2H2,1H3. The molecular weight excluding hydrogens is 262 g/mol. The summed E-state index contributed by atoms with van der Waals surface area (Å²) >= 11 is 0. The topological polar surface area (TPSA) is 43.1 Å². The zero-order chi connectivity index (χ0) is 14.4. The minimum atomic E-state index is 0.0430. The summed E-state index contributed by atoms with van der Waals surface area (Å²) in [4.78, 5) is 17.3. The molecule has 0 N–H and O–H groups in total. The number of rotatable bonds is 1. The highest BCUT2D eigenvalue weighted by Gasteiger charge is 2.20. The Kier molecular flexibility index (Phi) is 2.54. The van der Waals surface area contributed by atoms with Gasteiger partial charge >= 0.3 is 0 Å². The maximum atomic E-state index is 12.6. The fraction of sp³-hybridized carbons (Fsp3) is 0.111. The van der Waals surface area contributed by atoms with Crippen LogP contribution in [0.1, 0.15) is 12.5 Å². The lowest BCUT2D eigenvalue weighted by molar-refractivity contribution is 0.606. The Balaban J connectivity index is 2.32. The summed E-state index contributed by atoms with van der Waals surface area (Å²) in [5.41, 5.74) is 3.01. The molecule has 0 radical (unpaired) electrons. The molecule has 0 atom stereocenters. The van der Waals surface area contributed by atoms with E-state index in [-0.39, 0.29) is 5.43 Å². The molecule has 0 spiro atoms.